The zero-order valence-electron chi connectivity index (χ0n) is 15.7. The fraction of sp³-hybridized carbons (Fsp3) is 0.786. The van der Waals surface area contributed by atoms with Crippen molar-refractivity contribution in [2.45, 2.75) is 61.5 Å². The fourth-order valence-electron chi connectivity index (χ4n) is 1.44. The largest absolute Gasteiger partial charge is 0.463 e. The molecule has 0 aliphatic carbocycles. The van der Waals surface area contributed by atoms with Crippen molar-refractivity contribution < 1.29 is 84.2 Å². The molecule has 0 radical (unpaired) electrons. The number of carbonyl (C=O) groups excluding carboxylic acids is 1. The van der Waals surface area contributed by atoms with Gasteiger partial charge in [0.25, 0.3) is 0 Å². The lowest BCUT2D eigenvalue weighted by Gasteiger charge is -2.42. The van der Waals surface area contributed by atoms with Gasteiger partial charge in [0.15, 0.2) is 0 Å². The molecule has 19 heteroatoms. The summed E-state index contributed by atoms with van der Waals surface area (Å²) < 4.78 is 217. The zero-order chi connectivity index (χ0) is 27.7. The summed E-state index contributed by atoms with van der Waals surface area (Å²) in [6, 6.07) is 0. The summed E-state index contributed by atoms with van der Waals surface area (Å²) in [6.07, 6.45) is -6.59. The minimum atomic E-state index is -8.56. The molecule has 0 heterocycles. The maximum Gasteiger partial charge on any atom is 0.460 e. The fourth-order valence-corrected chi connectivity index (χ4v) is 1.44. The van der Waals surface area contributed by atoms with Crippen LogP contribution in [-0.4, -0.2) is 60.2 Å². The number of hydrogen-bond acceptors (Lipinski definition) is 2. The average Bonchev–Trinajstić information content (AvgIpc) is 2.59. The number of ether oxygens (including phenoxy) is 1. The molecule has 2 nitrogen and oxygen atoms in total. The number of hydrogen-bond donors (Lipinski definition) is 0. The summed E-state index contributed by atoms with van der Waals surface area (Å²) >= 11 is 0. The van der Waals surface area contributed by atoms with Gasteiger partial charge < -0.3 is 4.74 Å². The van der Waals surface area contributed by atoms with Crippen LogP contribution < -0.4 is 0 Å². The highest BCUT2D eigenvalue weighted by molar-refractivity contribution is 5.81. The van der Waals surface area contributed by atoms with E-state index in [-0.39, 0.29) is 5.97 Å². The molecule has 0 saturated carbocycles. The molecule has 0 saturated heterocycles. The van der Waals surface area contributed by atoms with Crippen LogP contribution in [-0.2, 0) is 9.53 Å². The Balaban J connectivity index is 0. The SMILES string of the molecule is C=CC(=O)OCC.CC(F)(F)C(F)(F)C(F)(F)C(F)(F)C(F)(F)C(F)(F)C(F)(F)C(F)(F)F. The molecule has 0 N–H and O–H groups in total. The van der Waals surface area contributed by atoms with Gasteiger partial charge in [-0.05, 0) is 6.92 Å². The van der Waals surface area contributed by atoms with E-state index in [4.69, 9.17) is 0 Å². The van der Waals surface area contributed by atoms with Crippen molar-refractivity contribution in [2.24, 2.45) is 0 Å². The predicted octanol–water partition coefficient (Wildman–Crippen LogP) is 6.75. The second-order valence-corrected chi connectivity index (χ2v) is 5.79. The lowest BCUT2D eigenvalue weighted by molar-refractivity contribution is -0.460. The van der Waals surface area contributed by atoms with Gasteiger partial charge in [-0.15, -0.1) is 0 Å². The van der Waals surface area contributed by atoms with Gasteiger partial charge in [-0.2, -0.15) is 74.6 Å². The zero-order valence-corrected chi connectivity index (χ0v) is 15.7. The van der Waals surface area contributed by atoms with E-state index in [0.29, 0.717) is 6.61 Å². The molecule has 0 aromatic heterocycles. The van der Waals surface area contributed by atoms with Crippen LogP contribution in [0.25, 0.3) is 0 Å². The van der Waals surface area contributed by atoms with Crippen LogP contribution in [0, 0.1) is 0 Å². The van der Waals surface area contributed by atoms with E-state index in [0.717, 1.165) is 6.08 Å². The van der Waals surface area contributed by atoms with Crippen LogP contribution in [0.2, 0.25) is 0 Å². The highest BCUT2D eigenvalue weighted by Gasteiger charge is 2.94. The third-order valence-corrected chi connectivity index (χ3v) is 3.33. The van der Waals surface area contributed by atoms with Crippen LogP contribution in [0.15, 0.2) is 12.7 Å². The molecule has 0 aliphatic heterocycles. The number of carbonyl (C=O) groups is 1. The standard InChI is InChI=1S/C9H3F17.C5H8O2/c1-2(10,11)3(12,13)4(14,15)5(16,17)6(18,19)7(20,21)8(22,23)9(24,25)26;1-3-5(6)7-4-2/h1H3;3H,1,4H2,2H3. The summed E-state index contributed by atoms with van der Waals surface area (Å²) in [7, 11) is 0. The number of alkyl halides is 17. The monoisotopic (exact) mass is 534 g/mol. The normalized spacial score (nSPS) is 14.9. The first kappa shape index (κ1) is 33.2. The van der Waals surface area contributed by atoms with Gasteiger partial charge in [0.1, 0.15) is 0 Å². The third-order valence-electron chi connectivity index (χ3n) is 3.33. The number of rotatable bonds is 8. The van der Waals surface area contributed by atoms with E-state index in [1.54, 1.807) is 6.92 Å². The van der Waals surface area contributed by atoms with Gasteiger partial charge in [-0.3, -0.25) is 0 Å². The minimum absolute atomic E-state index is 0.359. The van der Waals surface area contributed by atoms with Gasteiger partial charge in [0.05, 0.1) is 6.61 Å². The smallest absolute Gasteiger partial charge is 0.460 e. The maximum atomic E-state index is 12.9. The lowest BCUT2D eigenvalue weighted by Crippen LogP contribution is -2.74. The highest BCUT2D eigenvalue weighted by Crippen LogP contribution is 2.63. The van der Waals surface area contributed by atoms with Crippen LogP contribution in [0.4, 0.5) is 74.6 Å². The second kappa shape index (κ2) is 9.34. The summed E-state index contributed by atoms with van der Waals surface area (Å²) in [5.41, 5.74) is 0. The van der Waals surface area contributed by atoms with Gasteiger partial charge >= 0.3 is 53.6 Å². The number of esters is 1. The van der Waals surface area contributed by atoms with E-state index >= 15 is 0 Å². The first-order valence-electron chi connectivity index (χ1n) is 7.56. The summed E-state index contributed by atoms with van der Waals surface area (Å²) in [5, 5.41) is 0. The van der Waals surface area contributed by atoms with Crippen LogP contribution in [0.1, 0.15) is 13.8 Å². The Hall–Kier alpha value is -1.98. The van der Waals surface area contributed by atoms with Crippen molar-refractivity contribution in [1.29, 1.82) is 0 Å². The van der Waals surface area contributed by atoms with E-state index in [1.807, 2.05) is 0 Å². The molecule has 0 unspecified atom stereocenters. The van der Waals surface area contributed by atoms with Gasteiger partial charge in [-0.1, -0.05) is 6.58 Å². The first-order valence-corrected chi connectivity index (χ1v) is 7.56. The average molecular weight is 534 g/mol. The van der Waals surface area contributed by atoms with Gasteiger partial charge in [-0.25, -0.2) is 4.79 Å². The molecule has 0 spiro atoms. The first-order chi connectivity index (χ1) is 14.1. The summed E-state index contributed by atoms with van der Waals surface area (Å²) in [4.78, 5) is 10.1. The molecule has 0 aromatic rings. The Morgan fingerprint density at radius 2 is 0.909 bits per heavy atom. The molecule has 33 heavy (non-hydrogen) atoms. The van der Waals surface area contributed by atoms with Crippen LogP contribution >= 0.6 is 0 Å². The van der Waals surface area contributed by atoms with E-state index in [9.17, 15) is 79.4 Å². The second-order valence-electron chi connectivity index (χ2n) is 5.79. The van der Waals surface area contributed by atoms with Gasteiger partial charge in [0, 0.05) is 13.0 Å². The quantitative estimate of drug-likeness (QED) is 0.196. The molecule has 0 bridgehead atoms. The molecule has 0 atom stereocenters. The van der Waals surface area contributed by atoms with Crippen molar-refractivity contribution >= 4 is 5.97 Å². The Kier molecular flexibility index (Phi) is 9.40. The van der Waals surface area contributed by atoms with Crippen molar-refractivity contribution in [3.8, 4) is 0 Å². The van der Waals surface area contributed by atoms with E-state index in [1.165, 1.54) is 0 Å². The molecule has 198 valence electrons. The lowest BCUT2D eigenvalue weighted by atomic mass is 9.89. The molecule has 0 amide bonds. The maximum absolute atomic E-state index is 12.9. The highest BCUT2D eigenvalue weighted by atomic mass is 19.4. The Morgan fingerprint density at radius 1 is 0.636 bits per heavy atom. The van der Waals surface area contributed by atoms with E-state index in [2.05, 4.69) is 11.3 Å². The van der Waals surface area contributed by atoms with Crippen molar-refractivity contribution in [2.75, 3.05) is 6.61 Å². The van der Waals surface area contributed by atoms with Gasteiger partial charge in [0.2, 0.25) is 0 Å². The molecular weight excluding hydrogens is 523 g/mol. The van der Waals surface area contributed by atoms with E-state index < -0.39 is 54.6 Å². The molecule has 0 fully saturated rings. The minimum Gasteiger partial charge on any atom is -0.463 e. The third kappa shape index (κ3) is 5.41. The topological polar surface area (TPSA) is 26.3 Å². The van der Waals surface area contributed by atoms with Crippen molar-refractivity contribution in [1.82, 2.24) is 0 Å². The Bertz CT molecular complexity index is 639. The van der Waals surface area contributed by atoms with Crippen LogP contribution in [0.5, 0.6) is 0 Å². The number of halogens is 17. The molecular formula is C14H11F17O2. The molecule has 0 aliphatic rings. The Morgan fingerprint density at radius 3 is 1.09 bits per heavy atom. The molecule has 0 rings (SSSR count). The Labute approximate surface area is 172 Å². The van der Waals surface area contributed by atoms with Crippen LogP contribution in [0.3, 0.4) is 0 Å². The summed E-state index contributed by atoms with van der Waals surface area (Å²) in [5.74, 6) is -56.0. The molecule has 0 aromatic carbocycles. The summed E-state index contributed by atoms with van der Waals surface area (Å²) in [6.45, 7) is 4.13. The predicted molar refractivity (Wildman–Crippen MR) is 73.2 cm³/mol. The van der Waals surface area contributed by atoms with Crippen molar-refractivity contribution in [3.05, 3.63) is 12.7 Å². The van der Waals surface area contributed by atoms with Crippen molar-refractivity contribution in [3.63, 3.8) is 0 Å².